The fourth-order valence-electron chi connectivity index (χ4n) is 2.50. The topological polar surface area (TPSA) is 34.9 Å². The summed E-state index contributed by atoms with van der Waals surface area (Å²) in [4.78, 5) is 18.0. The first-order chi connectivity index (χ1) is 10.7. The molecule has 0 unspecified atom stereocenters. The van der Waals surface area contributed by atoms with E-state index in [9.17, 15) is 4.79 Å². The van der Waals surface area contributed by atoms with E-state index in [0.29, 0.717) is 0 Å². The van der Waals surface area contributed by atoms with Gasteiger partial charge >= 0.3 is 0 Å². The van der Waals surface area contributed by atoms with Crippen molar-refractivity contribution < 1.29 is 0 Å². The van der Waals surface area contributed by atoms with Crippen LogP contribution in [0.4, 0.5) is 0 Å². The minimum absolute atomic E-state index is 0.0697. The fraction of sp³-hybridized carbons (Fsp3) is 0.294. The van der Waals surface area contributed by atoms with Crippen LogP contribution in [0.1, 0.15) is 26.2 Å². The van der Waals surface area contributed by atoms with Gasteiger partial charge in [0.1, 0.15) is 4.83 Å². The van der Waals surface area contributed by atoms with E-state index in [1.807, 2.05) is 29.6 Å². The number of nitrogens with zero attached hydrogens (tertiary/aromatic N) is 2. The van der Waals surface area contributed by atoms with E-state index in [4.69, 9.17) is 0 Å². The number of fused-ring (bicyclic) bond motifs is 1. The first kappa shape index (κ1) is 15.4. The quantitative estimate of drug-likeness (QED) is 0.582. The van der Waals surface area contributed by atoms with Crippen LogP contribution in [0.15, 0.2) is 45.2 Å². The van der Waals surface area contributed by atoms with Crippen molar-refractivity contribution in [3.05, 3.63) is 50.8 Å². The minimum atomic E-state index is 0.0697. The maximum absolute atomic E-state index is 12.8. The normalized spacial score (nSPS) is 11.2. The van der Waals surface area contributed by atoms with Crippen LogP contribution in [0.25, 0.3) is 21.3 Å². The average molecular weight is 377 g/mol. The molecule has 0 radical (unpaired) electrons. The number of hydrogen-bond acceptors (Lipinski definition) is 3. The van der Waals surface area contributed by atoms with E-state index in [1.54, 1.807) is 10.9 Å². The Hall–Kier alpha value is -1.46. The van der Waals surface area contributed by atoms with E-state index in [2.05, 4.69) is 27.8 Å². The molecule has 2 aromatic heterocycles. The van der Waals surface area contributed by atoms with Crippen LogP contribution in [0.3, 0.4) is 0 Å². The van der Waals surface area contributed by atoms with E-state index in [-0.39, 0.29) is 5.56 Å². The molecule has 0 aliphatic heterocycles. The lowest BCUT2D eigenvalue weighted by Gasteiger charge is -2.05. The van der Waals surface area contributed by atoms with Gasteiger partial charge < -0.3 is 0 Å². The number of rotatable bonds is 5. The SMILES string of the molecule is CCCCCn1cnc2scc(-c3ccc(Br)cc3)c2c1=O. The van der Waals surface area contributed by atoms with E-state index >= 15 is 0 Å². The Morgan fingerprint density at radius 1 is 1.23 bits per heavy atom. The summed E-state index contributed by atoms with van der Waals surface area (Å²) >= 11 is 4.97. The van der Waals surface area contributed by atoms with Crippen molar-refractivity contribution in [1.29, 1.82) is 0 Å². The molecule has 114 valence electrons. The van der Waals surface area contributed by atoms with Crippen molar-refractivity contribution in [2.75, 3.05) is 0 Å². The molecule has 3 aromatic rings. The summed E-state index contributed by atoms with van der Waals surface area (Å²) in [5.41, 5.74) is 2.11. The van der Waals surface area contributed by atoms with E-state index in [0.717, 1.165) is 51.6 Å². The molecule has 0 aliphatic rings. The Bertz CT molecular complexity index is 836. The maximum Gasteiger partial charge on any atom is 0.262 e. The van der Waals surface area contributed by atoms with Gasteiger partial charge in [-0.3, -0.25) is 9.36 Å². The number of thiophene rings is 1. The molecule has 0 spiro atoms. The first-order valence-electron chi connectivity index (χ1n) is 7.43. The van der Waals surface area contributed by atoms with Crippen LogP contribution in [0, 0.1) is 0 Å². The van der Waals surface area contributed by atoms with Gasteiger partial charge in [-0.2, -0.15) is 0 Å². The summed E-state index contributed by atoms with van der Waals surface area (Å²) in [5, 5.41) is 2.77. The monoisotopic (exact) mass is 376 g/mol. The second-order valence-electron chi connectivity index (χ2n) is 5.29. The number of aromatic nitrogens is 2. The van der Waals surface area contributed by atoms with Crippen molar-refractivity contribution in [1.82, 2.24) is 9.55 Å². The van der Waals surface area contributed by atoms with Crippen molar-refractivity contribution in [2.24, 2.45) is 0 Å². The lowest BCUT2D eigenvalue weighted by molar-refractivity contribution is 0.584. The third kappa shape index (κ3) is 3.01. The fourth-order valence-corrected chi connectivity index (χ4v) is 3.67. The second-order valence-corrected chi connectivity index (χ2v) is 7.06. The summed E-state index contributed by atoms with van der Waals surface area (Å²) < 4.78 is 2.78. The van der Waals surface area contributed by atoms with Crippen molar-refractivity contribution in [2.45, 2.75) is 32.7 Å². The highest BCUT2D eigenvalue weighted by Gasteiger charge is 2.13. The highest BCUT2D eigenvalue weighted by Crippen LogP contribution is 2.31. The third-order valence-electron chi connectivity index (χ3n) is 3.72. The molecule has 22 heavy (non-hydrogen) atoms. The van der Waals surface area contributed by atoms with Gasteiger partial charge in [0, 0.05) is 22.0 Å². The van der Waals surface area contributed by atoms with Gasteiger partial charge in [0.15, 0.2) is 0 Å². The highest BCUT2D eigenvalue weighted by atomic mass is 79.9. The number of hydrogen-bond donors (Lipinski definition) is 0. The summed E-state index contributed by atoms with van der Waals surface area (Å²) in [6.07, 6.45) is 4.98. The van der Waals surface area contributed by atoms with Crippen molar-refractivity contribution in [3.63, 3.8) is 0 Å². The second kappa shape index (κ2) is 6.75. The molecule has 3 nitrogen and oxygen atoms in total. The molecule has 0 amide bonds. The lowest BCUT2D eigenvalue weighted by Crippen LogP contribution is -2.20. The predicted octanol–water partition coefficient (Wildman–Crippen LogP) is 5.08. The summed E-state index contributed by atoms with van der Waals surface area (Å²) in [6, 6.07) is 8.04. The summed E-state index contributed by atoms with van der Waals surface area (Å²) in [5.74, 6) is 0. The van der Waals surface area contributed by atoms with Gasteiger partial charge in [-0.05, 0) is 24.1 Å². The zero-order chi connectivity index (χ0) is 15.5. The molecular weight excluding hydrogens is 360 g/mol. The van der Waals surface area contributed by atoms with Crippen LogP contribution in [-0.4, -0.2) is 9.55 Å². The van der Waals surface area contributed by atoms with Crippen LogP contribution in [-0.2, 0) is 6.54 Å². The molecule has 0 bridgehead atoms. The van der Waals surface area contributed by atoms with Gasteiger partial charge in [0.25, 0.3) is 5.56 Å². The largest absolute Gasteiger partial charge is 0.299 e. The summed E-state index contributed by atoms with van der Waals surface area (Å²) in [7, 11) is 0. The first-order valence-corrected chi connectivity index (χ1v) is 9.10. The zero-order valence-electron chi connectivity index (χ0n) is 12.4. The van der Waals surface area contributed by atoms with Gasteiger partial charge in [-0.25, -0.2) is 4.98 Å². The molecule has 3 rings (SSSR count). The third-order valence-corrected chi connectivity index (χ3v) is 5.13. The maximum atomic E-state index is 12.8. The van der Waals surface area contributed by atoms with Crippen LogP contribution in [0.2, 0.25) is 0 Å². The number of benzene rings is 1. The minimum Gasteiger partial charge on any atom is -0.299 e. The van der Waals surface area contributed by atoms with E-state index in [1.165, 1.54) is 11.3 Å². The number of halogens is 1. The van der Waals surface area contributed by atoms with Crippen molar-refractivity contribution >= 4 is 37.5 Å². The van der Waals surface area contributed by atoms with Gasteiger partial charge in [0.05, 0.1) is 11.7 Å². The molecule has 0 saturated carbocycles. The number of unbranched alkanes of at least 4 members (excludes halogenated alkanes) is 2. The molecule has 0 saturated heterocycles. The molecule has 2 heterocycles. The number of aryl methyl sites for hydroxylation is 1. The Kier molecular flexibility index (Phi) is 4.74. The predicted molar refractivity (Wildman–Crippen MR) is 96.5 cm³/mol. The van der Waals surface area contributed by atoms with Crippen LogP contribution < -0.4 is 5.56 Å². The molecule has 0 N–H and O–H groups in total. The van der Waals surface area contributed by atoms with E-state index < -0.39 is 0 Å². The van der Waals surface area contributed by atoms with Gasteiger partial charge in [-0.15, -0.1) is 11.3 Å². The molecule has 0 atom stereocenters. The molecule has 0 aliphatic carbocycles. The zero-order valence-corrected chi connectivity index (χ0v) is 14.8. The molecule has 1 aromatic carbocycles. The Morgan fingerprint density at radius 2 is 2.00 bits per heavy atom. The molecular formula is C17H17BrN2OS. The Morgan fingerprint density at radius 3 is 2.73 bits per heavy atom. The van der Waals surface area contributed by atoms with Crippen LogP contribution >= 0.6 is 27.3 Å². The lowest BCUT2D eigenvalue weighted by atomic mass is 10.1. The Labute approximate surface area is 141 Å². The average Bonchev–Trinajstić information content (AvgIpc) is 2.95. The molecule has 0 fully saturated rings. The highest BCUT2D eigenvalue weighted by molar-refractivity contribution is 9.10. The standard InChI is InChI=1S/C17H17BrN2OS/c1-2-3-4-9-20-11-19-16-15(17(20)21)14(10-22-16)12-5-7-13(18)8-6-12/h5-8,10-11H,2-4,9H2,1H3. The summed E-state index contributed by atoms with van der Waals surface area (Å²) in [6.45, 7) is 2.90. The molecule has 5 heteroatoms. The van der Waals surface area contributed by atoms with Crippen molar-refractivity contribution in [3.8, 4) is 11.1 Å². The van der Waals surface area contributed by atoms with Gasteiger partial charge in [-0.1, -0.05) is 47.8 Å². The van der Waals surface area contributed by atoms with Crippen LogP contribution in [0.5, 0.6) is 0 Å². The smallest absolute Gasteiger partial charge is 0.262 e. The van der Waals surface area contributed by atoms with Gasteiger partial charge in [0.2, 0.25) is 0 Å². The Balaban J connectivity index is 2.06.